The molecule has 5 nitrogen and oxygen atoms in total. The van der Waals surface area contributed by atoms with Gasteiger partial charge in [0.05, 0.1) is 18.9 Å². The predicted molar refractivity (Wildman–Crippen MR) is 77.1 cm³/mol. The Morgan fingerprint density at radius 3 is 2.39 bits per heavy atom. The lowest BCUT2D eigenvalue weighted by Gasteiger charge is -2.19. The molecular weight excluding hydrogens is 269 g/mol. The highest BCUT2D eigenvalue weighted by Crippen LogP contribution is 2.43. The van der Waals surface area contributed by atoms with Crippen molar-refractivity contribution < 1.29 is 9.05 Å². The first-order valence-corrected chi connectivity index (χ1v) is 8.36. The Morgan fingerprint density at radius 1 is 1.33 bits per heavy atom. The number of hydrogen-bond acceptors (Lipinski definition) is 5. The molecule has 0 aliphatic rings. The number of hydrogen-bond donors (Lipinski definition) is 1. The normalized spacial score (nSPS) is 12.5. The van der Waals surface area contributed by atoms with Crippen molar-refractivity contribution in [3.05, 3.63) is 30.1 Å². The molecule has 0 aromatic carbocycles. The summed E-state index contributed by atoms with van der Waals surface area (Å²) < 4.78 is 10.9. The first kappa shape index (κ1) is 15.2. The van der Waals surface area contributed by atoms with Crippen molar-refractivity contribution in [2.45, 2.75) is 20.8 Å². The molecule has 0 amide bonds. The third kappa shape index (κ3) is 4.82. The number of nitrogens with one attached hydrogen (secondary N) is 1. The highest BCUT2D eigenvalue weighted by Gasteiger charge is 2.16. The van der Waals surface area contributed by atoms with E-state index in [2.05, 4.69) is 15.3 Å². The Bertz CT molecular complexity index is 429. The molecule has 0 aliphatic heterocycles. The highest BCUT2D eigenvalue weighted by molar-refractivity contribution is 8.08. The molecule has 100 valence electrons. The van der Waals surface area contributed by atoms with Gasteiger partial charge >= 0.3 is 6.64 Å². The Morgan fingerprint density at radius 2 is 1.89 bits per heavy atom. The van der Waals surface area contributed by atoms with Crippen molar-refractivity contribution in [1.82, 2.24) is 10.2 Å². The topological polar surface area (TPSA) is 55.7 Å². The summed E-state index contributed by atoms with van der Waals surface area (Å²) in [5.41, 5.74) is 1.79. The fourth-order valence-corrected chi connectivity index (χ4v) is 3.13. The highest BCUT2D eigenvalue weighted by atomic mass is 32.5. The Labute approximate surface area is 113 Å². The van der Waals surface area contributed by atoms with Crippen LogP contribution in [0.2, 0.25) is 0 Å². The quantitative estimate of drug-likeness (QED) is 0.475. The van der Waals surface area contributed by atoms with Crippen molar-refractivity contribution >= 4 is 24.2 Å². The van der Waals surface area contributed by atoms with Gasteiger partial charge in [0.2, 0.25) is 0 Å². The average Bonchev–Trinajstić information content (AvgIpc) is 2.38. The Kier molecular flexibility index (Phi) is 6.43. The molecule has 0 radical (unpaired) electrons. The second kappa shape index (κ2) is 7.59. The number of aromatic nitrogens is 1. The van der Waals surface area contributed by atoms with Crippen LogP contribution in [0, 0.1) is 0 Å². The lowest BCUT2D eigenvalue weighted by molar-refractivity contribution is 0.259. The van der Waals surface area contributed by atoms with E-state index < -0.39 is 6.64 Å². The minimum atomic E-state index is -2.51. The zero-order chi connectivity index (χ0) is 13.4. The van der Waals surface area contributed by atoms with E-state index in [9.17, 15) is 0 Å². The average molecular weight is 287 g/mol. The van der Waals surface area contributed by atoms with E-state index in [1.165, 1.54) is 0 Å². The molecule has 18 heavy (non-hydrogen) atoms. The van der Waals surface area contributed by atoms with Gasteiger partial charge in [-0.1, -0.05) is 0 Å². The molecule has 0 saturated carbocycles. The Hall–Kier alpha value is -0.810. The van der Waals surface area contributed by atoms with Gasteiger partial charge < -0.3 is 9.05 Å². The maximum atomic E-state index is 5.43. The smallest absolute Gasteiger partial charge is 0.303 e. The zero-order valence-corrected chi connectivity index (χ0v) is 12.5. The standard InChI is InChI=1S/C11H18N3O2PS/c1-4-15-17(18,16-5-2)14-13-10(3)11-6-8-12-9-7-11/h6-9H,4-5H2,1-3H3,(H,14,18)/b13-10+. The minimum absolute atomic E-state index is 0.494. The summed E-state index contributed by atoms with van der Waals surface area (Å²) >= 11 is 5.30. The molecule has 0 spiro atoms. The van der Waals surface area contributed by atoms with Crippen LogP contribution >= 0.6 is 6.64 Å². The lowest BCUT2D eigenvalue weighted by atomic mass is 10.2. The molecule has 1 aromatic heterocycles. The number of pyridine rings is 1. The van der Waals surface area contributed by atoms with E-state index in [0.29, 0.717) is 13.2 Å². The number of rotatable bonds is 7. The van der Waals surface area contributed by atoms with Crippen molar-refractivity contribution in [2.24, 2.45) is 5.10 Å². The summed E-state index contributed by atoms with van der Waals surface area (Å²) in [4.78, 5) is 3.96. The van der Waals surface area contributed by atoms with Crippen LogP contribution in [0.1, 0.15) is 26.3 Å². The molecule has 0 bridgehead atoms. The molecule has 0 aliphatic carbocycles. The van der Waals surface area contributed by atoms with Crippen molar-refractivity contribution in [3.63, 3.8) is 0 Å². The van der Waals surface area contributed by atoms with Crippen LogP contribution in [0.4, 0.5) is 0 Å². The molecule has 1 rings (SSSR count). The van der Waals surface area contributed by atoms with Gasteiger partial charge in [0, 0.05) is 18.0 Å². The van der Waals surface area contributed by atoms with Crippen molar-refractivity contribution in [1.29, 1.82) is 0 Å². The van der Waals surface area contributed by atoms with Crippen LogP contribution in [-0.4, -0.2) is 23.9 Å². The van der Waals surface area contributed by atoms with Gasteiger partial charge in [0.25, 0.3) is 0 Å². The van der Waals surface area contributed by atoms with Crippen LogP contribution in [0.3, 0.4) is 0 Å². The molecular formula is C11H18N3O2PS. The lowest BCUT2D eigenvalue weighted by Crippen LogP contribution is -2.11. The summed E-state index contributed by atoms with van der Waals surface area (Å²) in [6, 6.07) is 3.76. The maximum absolute atomic E-state index is 5.43. The van der Waals surface area contributed by atoms with E-state index in [4.69, 9.17) is 20.9 Å². The maximum Gasteiger partial charge on any atom is 0.303 e. The van der Waals surface area contributed by atoms with Gasteiger partial charge in [-0.25, -0.2) is 5.20 Å². The zero-order valence-electron chi connectivity index (χ0n) is 10.8. The van der Waals surface area contributed by atoms with Crippen molar-refractivity contribution in [3.8, 4) is 0 Å². The van der Waals surface area contributed by atoms with Crippen molar-refractivity contribution in [2.75, 3.05) is 13.2 Å². The fraction of sp³-hybridized carbons (Fsp3) is 0.455. The Balaban J connectivity index is 2.74. The van der Waals surface area contributed by atoms with Crippen LogP contribution in [0.15, 0.2) is 29.6 Å². The second-order valence-corrected chi connectivity index (χ2v) is 6.52. The summed E-state index contributed by atoms with van der Waals surface area (Å²) in [5, 5.41) is 7.08. The molecule has 0 fully saturated rings. The molecule has 1 N–H and O–H groups in total. The molecule has 0 unspecified atom stereocenters. The van der Waals surface area contributed by atoms with Gasteiger partial charge in [0.1, 0.15) is 0 Å². The minimum Gasteiger partial charge on any atom is -0.313 e. The summed E-state index contributed by atoms with van der Waals surface area (Å²) in [5.74, 6) is 0. The van der Waals surface area contributed by atoms with Gasteiger partial charge in [-0.3, -0.25) is 4.98 Å². The second-order valence-electron chi connectivity index (χ2n) is 3.37. The van der Waals surface area contributed by atoms with Crippen LogP contribution in [0.25, 0.3) is 0 Å². The van der Waals surface area contributed by atoms with Crippen LogP contribution in [0.5, 0.6) is 0 Å². The molecule has 7 heteroatoms. The molecule has 0 atom stereocenters. The van der Waals surface area contributed by atoms with Gasteiger partial charge in [-0.15, -0.1) is 0 Å². The number of nitrogens with zero attached hydrogens (tertiary/aromatic N) is 2. The first-order chi connectivity index (χ1) is 8.61. The largest absolute Gasteiger partial charge is 0.313 e. The SMILES string of the molecule is CCOP(=S)(N/N=C(\C)c1ccncc1)OCC. The monoisotopic (exact) mass is 287 g/mol. The summed E-state index contributed by atoms with van der Waals surface area (Å²) in [7, 11) is 0. The first-order valence-electron chi connectivity index (χ1n) is 5.72. The molecule has 0 saturated heterocycles. The van der Waals surface area contributed by atoms with Gasteiger partial charge in [0.15, 0.2) is 0 Å². The van der Waals surface area contributed by atoms with Gasteiger partial charge in [-0.2, -0.15) is 5.10 Å². The third-order valence-electron chi connectivity index (χ3n) is 2.04. The fourth-order valence-electron chi connectivity index (χ4n) is 1.23. The number of hydrazone groups is 1. The van der Waals surface area contributed by atoms with E-state index in [1.807, 2.05) is 32.9 Å². The van der Waals surface area contributed by atoms with E-state index in [1.54, 1.807) is 12.4 Å². The third-order valence-corrected chi connectivity index (χ3v) is 4.45. The van der Waals surface area contributed by atoms with E-state index in [-0.39, 0.29) is 0 Å². The summed E-state index contributed by atoms with van der Waals surface area (Å²) in [6.45, 7) is 4.12. The van der Waals surface area contributed by atoms with E-state index >= 15 is 0 Å². The predicted octanol–water partition coefficient (Wildman–Crippen LogP) is 2.69. The molecule has 1 aromatic rings. The summed E-state index contributed by atoms with van der Waals surface area (Å²) in [6.07, 6.45) is 3.44. The van der Waals surface area contributed by atoms with Crippen LogP contribution in [-0.2, 0) is 20.9 Å². The van der Waals surface area contributed by atoms with E-state index in [0.717, 1.165) is 11.3 Å². The molecule has 1 heterocycles. The van der Waals surface area contributed by atoms with Gasteiger partial charge in [-0.05, 0) is 44.7 Å². The van der Waals surface area contributed by atoms with Crippen LogP contribution < -0.4 is 5.20 Å².